The van der Waals surface area contributed by atoms with Crippen LogP contribution >= 0.6 is 0 Å². The monoisotopic (exact) mass is 373 g/mol. The van der Waals surface area contributed by atoms with Gasteiger partial charge in [-0.15, -0.1) is 0 Å². The average molecular weight is 373 g/mol. The van der Waals surface area contributed by atoms with Crippen molar-refractivity contribution in [3.63, 3.8) is 0 Å². The lowest BCUT2D eigenvalue weighted by Crippen LogP contribution is -2.32. The third kappa shape index (κ3) is 3.55. The zero-order valence-corrected chi connectivity index (χ0v) is 15.4. The van der Waals surface area contributed by atoms with Crippen LogP contribution in [0.1, 0.15) is 21.5 Å². The van der Waals surface area contributed by atoms with Crippen LogP contribution in [0.15, 0.2) is 72.0 Å². The van der Waals surface area contributed by atoms with Crippen molar-refractivity contribution < 1.29 is 4.79 Å². The lowest BCUT2D eigenvalue weighted by Gasteiger charge is -2.07. The van der Waals surface area contributed by atoms with Crippen molar-refractivity contribution in [2.75, 3.05) is 6.54 Å². The SMILES string of the molecule is Cc1ccc2ncc(C(=O)NCCc3ccc(-n4cccn4)cc3)c(=O)n2c1. The Bertz CT molecular complexity index is 1180. The predicted molar refractivity (Wildman–Crippen MR) is 106 cm³/mol. The predicted octanol–water partition coefficient (Wildman–Crippen LogP) is 2.16. The van der Waals surface area contributed by atoms with E-state index in [1.807, 2.05) is 49.5 Å². The van der Waals surface area contributed by atoms with Crippen molar-refractivity contribution in [2.24, 2.45) is 0 Å². The smallest absolute Gasteiger partial charge is 0.270 e. The number of rotatable bonds is 5. The van der Waals surface area contributed by atoms with Gasteiger partial charge in [-0.3, -0.25) is 14.0 Å². The first-order chi connectivity index (χ1) is 13.6. The molecule has 0 bridgehead atoms. The number of aryl methyl sites for hydroxylation is 1. The Morgan fingerprint density at radius 3 is 2.71 bits per heavy atom. The number of pyridine rings is 1. The molecule has 140 valence electrons. The summed E-state index contributed by atoms with van der Waals surface area (Å²) < 4.78 is 3.19. The molecule has 1 aromatic carbocycles. The molecule has 3 aromatic heterocycles. The van der Waals surface area contributed by atoms with Gasteiger partial charge in [-0.05, 0) is 48.7 Å². The van der Waals surface area contributed by atoms with Gasteiger partial charge in [-0.2, -0.15) is 5.10 Å². The lowest BCUT2D eigenvalue weighted by atomic mass is 10.1. The molecule has 4 rings (SSSR count). The van der Waals surface area contributed by atoms with Crippen LogP contribution in [-0.4, -0.2) is 31.6 Å². The third-order valence-corrected chi connectivity index (χ3v) is 4.50. The second kappa shape index (κ2) is 7.48. The van der Waals surface area contributed by atoms with Gasteiger partial charge < -0.3 is 5.32 Å². The highest BCUT2D eigenvalue weighted by molar-refractivity contribution is 5.93. The van der Waals surface area contributed by atoms with Gasteiger partial charge in [-0.1, -0.05) is 18.2 Å². The van der Waals surface area contributed by atoms with Crippen LogP contribution in [0.25, 0.3) is 11.3 Å². The molecule has 0 spiro atoms. The van der Waals surface area contributed by atoms with Crippen LogP contribution in [0.2, 0.25) is 0 Å². The van der Waals surface area contributed by atoms with E-state index in [1.54, 1.807) is 23.1 Å². The van der Waals surface area contributed by atoms with Gasteiger partial charge in [0, 0.05) is 31.3 Å². The normalized spacial score (nSPS) is 10.9. The first-order valence-corrected chi connectivity index (χ1v) is 8.97. The molecule has 0 saturated heterocycles. The summed E-state index contributed by atoms with van der Waals surface area (Å²) in [4.78, 5) is 29.2. The summed E-state index contributed by atoms with van der Waals surface area (Å²) in [7, 11) is 0. The molecule has 0 unspecified atom stereocenters. The van der Waals surface area contributed by atoms with Crippen molar-refractivity contribution in [3.8, 4) is 5.69 Å². The molecule has 1 N–H and O–H groups in total. The lowest BCUT2D eigenvalue weighted by molar-refractivity contribution is 0.0952. The molecule has 0 aliphatic carbocycles. The fourth-order valence-corrected chi connectivity index (χ4v) is 2.99. The van der Waals surface area contributed by atoms with Crippen LogP contribution in [0, 0.1) is 6.92 Å². The Morgan fingerprint density at radius 1 is 1.14 bits per heavy atom. The van der Waals surface area contributed by atoms with Crippen molar-refractivity contribution >= 4 is 11.6 Å². The summed E-state index contributed by atoms with van der Waals surface area (Å²) in [6.07, 6.45) is 7.29. The molecular weight excluding hydrogens is 354 g/mol. The molecule has 0 saturated carbocycles. The minimum atomic E-state index is -0.415. The van der Waals surface area contributed by atoms with Gasteiger partial charge in [0.15, 0.2) is 0 Å². The zero-order chi connectivity index (χ0) is 19.5. The zero-order valence-electron chi connectivity index (χ0n) is 15.4. The first-order valence-electron chi connectivity index (χ1n) is 8.97. The number of hydrogen-bond donors (Lipinski definition) is 1. The summed E-state index contributed by atoms with van der Waals surface area (Å²) in [6.45, 7) is 2.31. The number of fused-ring (bicyclic) bond motifs is 1. The topological polar surface area (TPSA) is 81.3 Å². The maximum atomic E-state index is 12.6. The van der Waals surface area contributed by atoms with E-state index in [2.05, 4.69) is 15.4 Å². The number of nitrogens with zero attached hydrogens (tertiary/aromatic N) is 4. The molecule has 7 nitrogen and oxygen atoms in total. The van der Waals surface area contributed by atoms with Gasteiger partial charge >= 0.3 is 0 Å². The van der Waals surface area contributed by atoms with Crippen LogP contribution in [-0.2, 0) is 6.42 Å². The quantitative estimate of drug-likeness (QED) is 0.581. The van der Waals surface area contributed by atoms with E-state index < -0.39 is 5.91 Å². The second-order valence-electron chi connectivity index (χ2n) is 6.53. The molecule has 1 amide bonds. The Morgan fingerprint density at radius 2 is 1.96 bits per heavy atom. The number of amides is 1. The van der Waals surface area contributed by atoms with Gasteiger partial charge in [0.25, 0.3) is 11.5 Å². The minimum absolute atomic E-state index is 0.0390. The van der Waals surface area contributed by atoms with Crippen molar-refractivity contribution in [1.82, 2.24) is 24.5 Å². The van der Waals surface area contributed by atoms with E-state index in [4.69, 9.17) is 0 Å². The van der Waals surface area contributed by atoms with E-state index in [1.165, 1.54) is 10.6 Å². The Kier molecular flexibility index (Phi) is 4.72. The summed E-state index contributed by atoms with van der Waals surface area (Å²) in [5.41, 5.74) is 3.17. The minimum Gasteiger partial charge on any atom is -0.351 e. The highest BCUT2D eigenvalue weighted by Gasteiger charge is 2.13. The van der Waals surface area contributed by atoms with Crippen LogP contribution < -0.4 is 10.9 Å². The molecule has 0 aliphatic rings. The fourth-order valence-electron chi connectivity index (χ4n) is 2.99. The van der Waals surface area contributed by atoms with Crippen molar-refractivity contribution in [2.45, 2.75) is 13.3 Å². The highest BCUT2D eigenvalue weighted by atomic mass is 16.2. The summed E-state index contributed by atoms with van der Waals surface area (Å²) in [5, 5.41) is 6.99. The Hall–Kier alpha value is -3.74. The fraction of sp³-hybridized carbons (Fsp3) is 0.143. The van der Waals surface area contributed by atoms with E-state index >= 15 is 0 Å². The molecule has 0 fully saturated rings. The first kappa shape index (κ1) is 17.7. The summed E-state index contributed by atoms with van der Waals surface area (Å²) in [6, 6.07) is 13.5. The number of aromatic nitrogens is 4. The summed E-state index contributed by atoms with van der Waals surface area (Å²) >= 11 is 0. The maximum absolute atomic E-state index is 12.6. The molecule has 4 aromatic rings. The molecule has 28 heavy (non-hydrogen) atoms. The highest BCUT2D eigenvalue weighted by Crippen LogP contribution is 2.09. The standard InChI is InChI=1S/C21H19N5O2/c1-15-3-8-19-23-13-18(21(28)25(19)14-15)20(27)22-11-9-16-4-6-17(7-5-16)26-12-2-10-24-26/h2-8,10,12-14H,9,11H2,1H3,(H,22,27). The summed E-state index contributed by atoms with van der Waals surface area (Å²) in [5.74, 6) is -0.415. The van der Waals surface area contributed by atoms with E-state index in [0.29, 0.717) is 18.6 Å². The van der Waals surface area contributed by atoms with E-state index in [-0.39, 0.29) is 11.1 Å². The van der Waals surface area contributed by atoms with E-state index in [0.717, 1.165) is 16.8 Å². The number of carbonyl (C=O) groups excluding carboxylic acids is 1. The maximum Gasteiger partial charge on any atom is 0.270 e. The number of carbonyl (C=O) groups is 1. The van der Waals surface area contributed by atoms with Gasteiger partial charge in [-0.25, -0.2) is 9.67 Å². The number of nitrogens with one attached hydrogen (secondary N) is 1. The molecule has 3 heterocycles. The molecular formula is C21H19N5O2. The number of benzene rings is 1. The largest absolute Gasteiger partial charge is 0.351 e. The van der Waals surface area contributed by atoms with Gasteiger partial charge in [0.2, 0.25) is 0 Å². The van der Waals surface area contributed by atoms with Crippen LogP contribution in [0.4, 0.5) is 0 Å². The van der Waals surface area contributed by atoms with Crippen molar-refractivity contribution in [1.29, 1.82) is 0 Å². The molecule has 0 atom stereocenters. The number of hydrogen-bond acceptors (Lipinski definition) is 4. The average Bonchev–Trinajstić information content (AvgIpc) is 3.24. The van der Waals surface area contributed by atoms with Gasteiger partial charge in [0.05, 0.1) is 5.69 Å². The third-order valence-electron chi connectivity index (χ3n) is 4.50. The Balaban J connectivity index is 1.41. The van der Waals surface area contributed by atoms with Crippen LogP contribution in [0.3, 0.4) is 0 Å². The van der Waals surface area contributed by atoms with E-state index in [9.17, 15) is 9.59 Å². The van der Waals surface area contributed by atoms with Crippen LogP contribution in [0.5, 0.6) is 0 Å². The van der Waals surface area contributed by atoms with Gasteiger partial charge in [0.1, 0.15) is 11.2 Å². The van der Waals surface area contributed by atoms with Crippen molar-refractivity contribution in [3.05, 3.63) is 94.3 Å². The molecule has 7 heteroatoms. The Labute approximate surface area is 161 Å². The molecule has 0 aliphatic heterocycles. The second-order valence-corrected chi connectivity index (χ2v) is 6.53. The molecule has 0 radical (unpaired) electrons.